The second-order valence-corrected chi connectivity index (χ2v) is 3.85. The van der Waals surface area contributed by atoms with Gasteiger partial charge in [-0.3, -0.25) is 0 Å². The predicted octanol–water partition coefficient (Wildman–Crippen LogP) is 1.16. The third-order valence-electron chi connectivity index (χ3n) is 2.04. The maximum atomic E-state index is 13.1. The molecule has 0 aliphatic carbocycles. The lowest BCUT2D eigenvalue weighted by atomic mass is 10.0. The Balaban J connectivity index is 3.00. The van der Waals surface area contributed by atoms with Crippen LogP contribution < -0.4 is 0 Å². The predicted molar refractivity (Wildman–Crippen MR) is 57.1 cm³/mol. The molecule has 1 aromatic rings. The van der Waals surface area contributed by atoms with Gasteiger partial charge in [0.2, 0.25) is 0 Å². The molecule has 0 radical (unpaired) electrons. The van der Waals surface area contributed by atoms with Crippen molar-refractivity contribution in [1.29, 1.82) is 0 Å². The van der Waals surface area contributed by atoms with E-state index in [2.05, 4.69) is 20.7 Å². The van der Waals surface area contributed by atoms with Gasteiger partial charge in [0, 0.05) is 5.56 Å². The molecular weight excluding hydrogens is 283 g/mol. The molecule has 16 heavy (non-hydrogen) atoms. The fraction of sp³-hybridized carbons (Fsp3) is 0.300. The van der Waals surface area contributed by atoms with E-state index in [0.717, 1.165) is 7.11 Å². The van der Waals surface area contributed by atoms with E-state index in [1.165, 1.54) is 18.2 Å². The molecule has 1 aromatic carbocycles. The average molecular weight is 293 g/mol. The molecular formula is C10H10BrFO4. The summed E-state index contributed by atoms with van der Waals surface area (Å²) in [6.07, 6.45) is -3.29. The third-order valence-corrected chi connectivity index (χ3v) is 2.88. The minimum atomic E-state index is -1.75. The molecule has 0 fully saturated rings. The van der Waals surface area contributed by atoms with Gasteiger partial charge in [0.05, 0.1) is 11.6 Å². The van der Waals surface area contributed by atoms with Gasteiger partial charge < -0.3 is 14.9 Å². The second kappa shape index (κ2) is 5.38. The van der Waals surface area contributed by atoms with Crippen molar-refractivity contribution in [3.63, 3.8) is 0 Å². The van der Waals surface area contributed by atoms with Gasteiger partial charge in [-0.25, -0.2) is 9.18 Å². The van der Waals surface area contributed by atoms with Gasteiger partial charge in [0.15, 0.2) is 6.10 Å². The topological polar surface area (TPSA) is 66.8 Å². The highest BCUT2D eigenvalue weighted by molar-refractivity contribution is 9.10. The van der Waals surface area contributed by atoms with Crippen LogP contribution in [-0.2, 0) is 9.53 Å². The number of esters is 1. The Labute approximate surface area is 99.8 Å². The number of carbonyl (C=O) groups excluding carboxylic acids is 1. The third kappa shape index (κ3) is 2.58. The van der Waals surface area contributed by atoms with E-state index < -0.39 is 24.0 Å². The minimum absolute atomic E-state index is 0.00505. The summed E-state index contributed by atoms with van der Waals surface area (Å²) >= 11 is 2.92. The van der Waals surface area contributed by atoms with E-state index >= 15 is 0 Å². The van der Waals surface area contributed by atoms with Crippen LogP contribution in [-0.4, -0.2) is 29.4 Å². The Bertz CT molecular complexity index is 396. The molecule has 0 aliphatic heterocycles. The van der Waals surface area contributed by atoms with E-state index in [1.54, 1.807) is 0 Å². The molecule has 0 spiro atoms. The van der Waals surface area contributed by atoms with Crippen molar-refractivity contribution in [1.82, 2.24) is 0 Å². The van der Waals surface area contributed by atoms with Crippen LogP contribution in [0.15, 0.2) is 22.7 Å². The zero-order chi connectivity index (χ0) is 12.3. The number of ether oxygens (including phenoxy) is 1. The molecule has 6 heteroatoms. The van der Waals surface area contributed by atoms with E-state index in [0.29, 0.717) is 0 Å². The first-order valence-corrected chi connectivity index (χ1v) is 5.16. The molecule has 4 nitrogen and oxygen atoms in total. The summed E-state index contributed by atoms with van der Waals surface area (Å²) < 4.78 is 17.4. The largest absolute Gasteiger partial charge is 0.467 e. The molecule has 2 atom stereocenters. The molecule has 2 N–H and O–H groups in total. The van der Waals surface area contributed by atoms with Gasteiger partial charge in [-0.05, 0) is 22.0 Å². The number of carbonyl (C=O) groups is 1. The number of benzene rings is 1. The smallest absolute Gasteiger partial charge is 0.337 e. The molecule has 0 aromatic heterocycles. The highest BCUT2D eigenvalue weighted by atomic mass is 79.9. The fourth-order valence-electron chi connectivity index (χ4n) is 1.17. The van der Waals surface area contributed by atoms with Crippen LogP contribution in [0.3, 0.4) is 0 Å². The number of hydrogen-bond acceptors (Lipinski definition) is 4. The fourth-order valence-corrected chi connectivity index (χ4v) is 1.67. The lowest BCUT2D eigenvalue weighted by Crippen LogP contribution is -2.29. The summed E-state index contributed by atoms with van der Waals surface area (Å²) in [4.78, 5) is 11.0. The van der Waals surface area contributed by atoms with E-state index in [4.69, 9.17) is 0 Å². The Morgan fingerprint density at radius 2 is 2.12 bits per heavy atom. The number of rotatable bonds is 3. The van der Waals surface area contributed by atoms with E-state index in [9.17, 15) is 19.4 Å². The van der Waals surface area contributed by atoms with Crippen molar-refractivity contribution >= 4 is 21.9 Å². The maximum absolute atomic E-state index is 13.1. The summed E-state index contributed by atoms with van der Waals surface area (Å²) in [6, 6.07) is 3.94. The minimum Gasteiger partial charge on any atom is -0.467 e. The van der Waals surface area contributed by atoms with Gasteiger partial charge in [-0.15, -0.1) is 0 Å². The lowest BCUT2D eigenvalue weighted by Gasteiger charge is -2.17. The highest BCUT2D eigenvalue weighted by Crippen LogP contribution is 2.28. The van der Waals surface area contributed by atoms with Crippen LogP contribution in [0.5, 0.6) is 0 Å². The summed E-state index contributed by atoms with van der Waals surface area (Å²) in [6.45, 7) is 0. The molecule has 0 bridgehead atoms. The van der Waals surface area contributed by atoms with Crippen molar-refractivity contribution in [3.05, 3.63) is 34.1 Å². The van der Waals surface area contributed by atoms with E-state index in [-0.39, 0.29) is 10.0 Å². The van der Waals surface area contributed by atoms with Crippen molar-refractivity contribution < 1.29 is 24.1 Å². The van der Waals surface area contributed by atoms with Gasteiger partial charge >= 0.3 is 5.97 Å². The number of aliphatic hydroxyl groups is 2. The summed E-state index contributed by atoms with van der Waals surface area (Å²) in [7, 11) is 1.08. The quantitative estimate of drug-likeness (QED) is 0.821. The Hall–Kier alpha value is -0.980. The summed E-state index contributed by atoms with van der Waals surface area (Å²) in [5, 5.41) is 19.0. The first kappa shape index (κ1) is 13.1. The van der Waals surface area contributed by atoms with Gasteiger partial charge in [0.1, 0.15) is 11.9 Å². The van der Waals surface area contributed by atoms with Crippen molar-refractivity contribution in [2.24, 2.45) is 0 Å². The zero-order valence-corrected chi connectivity index (χ0v) is 9.94. The Kier molecular flexibility index (Phi) is 4.40. The lowest BCUT2D eigenvalue weighted by molar-refractivity contribution is -0.156. The van der Waals surface area contributed by atoms with Crippen LogP contribution in [0.2, 0.25) is 0 Å². The number of halogens is 2. The van der Waals surface area contributed by atoms with Crippen molar-refractivity contribution in [2.75, 3.05) is 7.11 Å². The summed E-state index contributed by atoms with van der Waals surface area (Å²) in [5.41, 5.74) is 0.0814. The molecule has 2 unspecified atom stereocenters. The molecule has 0 aliphatic rings. The van der Waals surface area contributed by atoms with Crippen LogP contribution in [0.25, 0.3) is 0 Å². The first-order valence-electron chi connectivity index (χ1n) is 4.37. The Morgan fingerprint density at radius 1 is 1.50 bits per heavy atom. The Morgan fingerprint density at radius 3 is 2.69 bits per heavy atom. The van der Waals surface area contributed by atoms with E-state index in [1.807, 2.05) is 0 Å². The standard InChI is InChI=1S/C10H10BrFO4/c1-16-10(15)9(14)8(13)5-3-2-4-6(12)7(5)11/h2-4,8-9,13-14H,1H3. The molecule has 0 saturated heterocycles. The SMILES string of the molecule is COC(=O)C(O)C(O)c1cccc(F)c1Br. The molecule has 88 valence electrons. The van der Waals surface area contributed by atoms with Gasteiger partial charge in [-0.2, -0.15) is 0 Å². The normalized spacial score (nSPS) is 14.3. The van der Waals surface area contributed by atoms with Crippen LogP contribution in [0.1, 0.15) is 11.7 Å². The van der Waals surface area contributed by atoms with Crippen LogP contribution >= 0.6 is 15.9 Å². The van der Waals surface area contributed by atoms with Crippen LogP contribution in [0, 0.1) is 5.82 Å². The van der Waals surface area contributed by atoms with Crippen LogP contribution in [0.4, 0.5) is 4.39 Å². The molecule has 0 heterocycles. The van der Waals surface area contributed by atoms with Gasteiger partial charge in [0.25, 0.3) is 0 Å². The number of hydrogen-bond donors (Lipinski definition) is 2. The maximum Gasteiger partial charge on any atom is 0.337 e. The zero-order valence-electron chi connectivity index (χ0n) is 8.35. The van der Waals surface area contributed by atoms with Gasteiger partial charge in [-0.1, -0.05) is 12.1 Å². The monoisotopic (exact) mass is 292 g/mol. The molecule has 0 amide bonds. The highest BCUT2D eigenvalue weighted by Gasteiger charge is 2.28. The number of methoxy groups -OCH3 is 1. The number of aliphatic hydroxyl groups excluding tert-OH is 2. The molecule has 1 rings (SSSR count). The summed E-state index contributed by atoms with van der Waals surface area (Å²) in [5.74, 6) is -1.57. The van der Waals surface area contributed by atoms with Crippen molar-refractivity contribution in [3.8, 4) is 0 Å². The first-order chi connectivity index (χ1) is 7.49. The average Bonchev–Trinajstić information content (AvgIpc) is 2.29. The van der Waals surface area contributed by atoms with Crippen molar-refractivity contribution in [2.45, 2.75) is 12.2 Å². The second-order valence-electron chi connectivity index (χ2n) is 3.06. The molecule has 0 saturated carbocycles.